The van der Waals surface area contributed by atoms with Gasteiger partial charge in [0.1, 0.15) is 11.5 Å². The molecule has 0 atom stereocenters. The van der Waals surface area contributed by atoms with Crippen molar-refractivity contribution in [2.45, 2.75) is 26.8 Å². The van der Waals surface area contributed by atoms with E-state index in [1.165, 1.54) is 27.7 Å². The minimum Gasteiger partial charge on any atom is -0.497 e. The van der Waals surface area contributed by atoms with Crippen molar-refractivity contribution in [3.63, 3.8) is 0 Å². The van der Waals surface area contributed by atoms with Crippen LogP contribution in [-0.4, -0.2) is 18.8 Å². The van der Waals surface area contributed by atoms with Crippen LogP contribution in [0.15, 0.2) is 42.5 Å². The second-order valence-electron chi connectivity index (χ2n) is 5.53. The lowest BCUT2D eigenvalue weighted by Gasteiger charge is -2.09. The zero-order chi connectivity index (χ0) is 16.4. The van der Waals surface area contributed by atoms with Crippen LogP contribution in [0.2, 0.25) is 0 Å². The molecule has 3 nitrogen and oxygen atoms in total. The highest BCUT2D eigenvalue weighted by molar-refractivity contribution is 5.99. The van der Waals surface area contributed by atoms with E-state index in [0.29, 0.717) is 0 Å². The minimum absolute atomic E-state index is 0.885. The molecular formula is C20H23NO2. The third-order valence-electron chi connectivity index (χ3n) is 4.39. The van der Waals surface area contributed by atoms with Gasteiger partial charge in [-0.2, -0.15) is 0 Å². The Labute approximate surface area is 137 Å². The molecule has 0 saturated carbocycles. The summed E-state index contributed by atoms with van der Waals surface area (Å²) in [6, 6.07) is 14.6. The smallest absolute Gasteiger partial charge is 0.120 e. The number of aryl methyl sites for hydroxylation is 1. The van der Waals surface area contributed by atoms with E-state index in [-0.39, 0.29) is 0 Å². The number of aromatic nitrogens is 1. The fourth-order valence-electron chi connectivity index (χ4n) is 3.34. The van der Waals surface area contributed by atoms with E-state index in [1.807, 2.05) is 18.2 Å². The molecule has 0 bridgehead atoms. The number of nitrogens with zero attached hydrogens (tertiary/aromatic N) is 1. The lowest BCUT2D eigenvalue weighted by molar-refractivity contribution is 0.415. The molecular weight excluding hydrogens is 286 g/mol. The molecule has 1 aromatic heterocycles. The first-order valence-corrected chi connectivity index (χ1v) is 8.07. The first-order valence-electron chi connectivity index (χ1n) is 8.07. The van der Waals surface area contributed by atoms with Crippen molar-refractivity contribution in [1.29, 1.82) is 0 Å². The largest absolute Gasteiger partial charge is 0.497 e. The van der Waals surface area contributed by atoms with Gasteiger partial charge in [-0.25, -0.2) is 0 Å². The molecule has 0 spiro atoms. The molecule has 0 unspecified atom stereocenters. The Hall–Kier alpha value is -2.42. The number of hydrogen-bond donors (Lipinski definition) is 0. The fraction of sp³-hybridized carbons (Fsp3) is 0.300. The Morgan fingerprint density at radius 2 is 1.65 bits per heavy atom. The Morgan fingerprint density at radius 3 is 2.30 bits per heavy atom. The van der Waals surface area contributed by atoms with Crippen LogP contribution in [0.3, 0.4) is 0 Å². The molecule has 0 saturated heterocycles. The molecule has 0 fully saturated rings. The molecule has 0 aliphatic heterocycles. The Balaban J connectivity index is 2.34. The van der Waals surface area contributed by atoms with E-state index >= 15 is 0 Å². The first kappa shape index (κ1) is 15.5. The SMILES string of the molecule is CCc1c(-c2cccc(OC)c2)c2ccc(OC)cc2n1CC. The molecule has 3 rings (SSSR count). The molecule has 3 aromatic rings. The van der Waals surface area contributed by atoms with E-state index in [2.05, 4.69) is 42.7 Å². The van der Waals surface area contributed by atoms with Crippen LogP contribution < -0.4 is 9.47 Å². The maximum absolute atomic E-state index is 5.41. The number of hydrogen-bond acceptors (Lipinski definition) is 2. The number of fused-ring (bicyclic) bond motifs is 1. The topological polar surface area (TPSA) is 23.4 Å². The lowest BCUT2D eigenvalue weighted by Crippen LogP contribution is -2.00. The quantitative estimate of drug-likeness (QED) is 0.668. The van der Waals surface area contributed by atoms with Crippen molar-refractivity contribution in [2.24, 2.45) is 0 Å². The summed E-state index contributed by atoms with van der Waals surface area (Å²) in [5.74, 6) is 1.78. The summed E-state index contributed by atoms with van der Waals surface area (Å²) in [5.41, 5.74) is 5.07. The summed E-state index contributed by atoms with van der Waals surface area (Å²) < 4.78 is 13.2. The van der Waals surface area contributed by atoms with Crippen LogP contribution in [0.25, 0.3) is 22.0 Å². The molecule has 2 aromatic carbocycles. The number of ether oxygens (including phenoxy) is 2. The Kier molecular flexibility index (Phi) is 4.28. The maximum Gasteiger partial charge on any atom is 0.120 e. The predicted molar refractivity (Wildman–Crippen MR) is 95.5 cm³/mol. The standard InChI is InChI=1S/C20H23NO2/c1-5-18-20(14-8-7-9-15(12-14)22-3)17-11-10-16(23-4)13-19(17)21(18)6-2/h7-13H,5-6H2,1-4H3. The zero-order valence-electron chi connectivity index (χ0n) is 14.2. The average molecular weight is 309 g/mol. The van der Waals surface area contributed by atoms with Gasteiger partial charge in [0.05, 0.1) is 19.7 Å². The van der Waals surface area contributed by atoms with Gasteiger partial charge in [0, 0.05) is 29.3 Å². The van der Waals surface area contributed by atoms with E-state index in [0.717, 1.165) is 24.5 Å². The molecule has 120 valence electrons. The summed E-state index contributed by atoms with van der Waals surface area (Å²) >= 11 is 0. The highest BCUT2D eigenvalue weighted by Crippen LogP contribution is 2.38. The second-order valence-corrected chi connectivity index (χ2v) is 5.53. The maximum atomic E-state index is 5.41. The summed E-state index contributed by atoms with van der Waals surface area (Å²) in [5, 5.41) is 1.26. The molecule has 23 heavy (non-hydrogen) atoms. The van der Waals surface area contributed by atoms with E-state index in [1.54, 1.807) is 14.2 Å². The zero-order valence-corrected chi connectivity index (χ0v) is 14.2. The highest BCUT2D eigenvalue weighted by atomic mass is 16.5. The van der Waals surface area contributed by atoms with Gasteiger partial charge in [0.25, 0.3) is 0 Å². The third kappa shape index (κ3) is 2.56. The van der Waals surface area contributed by atoms with Crippen molar-refractivity contribution in [3.05, 3.63) is 48.2 Å². The van der Waals surface area contributed by atoms with Gasteiger partial charge in [0.15, 0.2) is 0 Å². The van der Waals surface area contributed by atoms with Crippen molar-refractivity contribution >= 4 is 10.9 Å². The highest BCUT2D eigenvalue weighted by Gasteiger charge is 2.17. The molecule has 0 aliphatic carbocycles. The predicted octanol–water partition coefficient (Wildman–Crippen LogP) is 4.91. The third-order valence-corrected chi connectivity index (χ3v) is 4.39. The van der Waals surface area contributed by atoms with Gasteiger partial charge in [-0.15, -0.1) is 0 Å². The van der Waals surface area contributed by atoms with Crippen LogP contribution in [-0.2, 0) is 13.0 Å². The van der Waals surface area contributed by atoms with Gasteiger partial charge in [-0.1, -0.05) is 19.1 Å². The molecule has 0 amide bonds. The Bertz CT molecular complexity index is 833. The van der Waals surface area contributed by atoms with Crippen molar-refractivity contribution in [2.75, 3.05) is 14.2 Å². The van der Waals surface area contributed by atoms with Gasteiger partial charge < -0.3 is 14.0 Å². The summed E-state index contributed by atoms with van der Waals surface area (Å²) in [6.45, 7) is 5.34. The van der Waals surface area contributed by atoms with Gasteiger partial charge >= 0.3 is 0 Å². The number of methoxy groups -OCH3 is 2. The minimum atomic E-state index is 0.885. The van der Waals surface area contributed by atoms with E-state index in [9.17, 15) is 0 Å². The first-order chi connectivity index (χ1) is 11.2. The van der Waals surface area contributed by atoms with E-state index < -0.39 is 0 Å². The molecule has 0 aliphatic rings. The van der Waals surface area contributed by atoms with Crippen LogP contribution in [0.5, 0.6) is 11.5 Å². The number of benzene rings is 2. The van der Waals surface area contributed by atoms with E-state index in [4.69, 9.17) is 9.47 Å². The summed E-state index contributed by atoms with van der Waals surface area (Å²) in [7, 11) is 3.42. The van der Waals surface area contributed by atoms with Crippen LogP contribution >= 0.6 is 0 Å². The molecule has 1 heterocycles. The van der Waals surface area contributed by atoms with Crippen molar-refractivity contribution in [1.82, 2.24) is 4.57 Å². The van der Waals surface area contributed by atoms with Gasteiger partial charge in [-0.3, -0.25) is 0 Å². The van der Waals surface area contributed by atoms with Crippen LogP contribution in [0, 0.1) is 0 Å². The summed E-state index contributed by atoms with van der Waals surface area (Å²) in [6.07, 6.45) is 0.984. The normalized spacial score (nSPS) is 11.0. The molecule has 0 N–H and O–H groups in total. The number of rotatable bonds is 5. The fourth-order valence-corrected chi connectivity index (χ4v) is 3.34. The molecule has 0 radical (unpaired) electrons. The monoisotopic (exact) mass is 309 g/mol. The van der Waals surface area contributed by atoms with Crippen molar-refractivity contribution in [3.8, 4) is 22.6 Å². The Morgan fingerprint density at radius 1 is 0.913 bits per heavy atom. The van der Waals surface area contributed by atoms with Gasteiger partial charge in [0.2, 0.25) is 0 Å². The average Bonchev–Trinajstić information content (AvgIpc) is 2.93. The lowest BCUT2D eigenvalue weighted by atomic mass is 10.0. The molecule has 3 heteroatoms. The second kappa shape index (κ2) is 6.37. The summed E-state index contributed by atoms with van der Waals surface area (Å²) in [4.78, 5) is 0. The van der Waals surface area contributed by atoms with Crippen molar-refractivity contribution < 1.29 is 9.47 Å². The van der Waals surface area contributed by atoms with Crippen LogP contribution in [0.4, 0.5) is 0 Å². The van der Waals surface area contributed by atoms with Crippen LogP contribution in [0.1, 0.15) is 19.5 Å². The van der Waals surface area contributed by atoms with Gasteiger partial charge in [-0.05, 0) is 43.2 Å².